The molecular formula is C24H34N2O4S. The second-order valence-electron chi connectivity index (χ2n) is 9.09. The molecule has 170 valence electrons. The molecule has 2 aliphatic rings. The minimum absolute atomic E-state index is 0.0281. The summed E-state index contributed by atoms with van der Waals surface area (Å²) >= 11 is 0. The number of carbonyl (C=O) groups excluding carboxylic acids is 2. The lowest BCUT2D eigenvalue weighted by Crippen LogP contribution is -2.52. The van der Waals surface area contributed by atoms with Crippen LogP contribution in [-0.4, -0.2) is 37.2 Å². The topological polar surface area (TPSA) is 83.6 Å². The second kappa shape index (κ2) is 10.4. The third-order valence-electron chi connectivity index (χ3n) is 6.14. The number of nitrogens with zero attached hydrogens (tertiary/aromatic N) is 1. The summed E-state index contributed by atoms with van der Waals surface area (Å²) in [5.74, 6) is -1.58. The van der Waals surface area contributed by atoms with Gasteiger partial charge in [0.15, 0.2) is 0 Å². The molecule has 0 bridgehead atoms. The molecule has 6 nitrogen and oxygen atoms in total. The average molecular weight is 447 g/mol. The fourth-order valence-corrected chi connectivity index (χ4v) is 5.21. The fraction of sp³-hybridized carbons (Fsp3) is 0.583. The van der Waals surface area contributed by atoms with Crippen LogP contribution in [0.3, 0.4) is 0 Å². The Morgan fingerprint density at radius 2 is 1.71 bits per heavy atom. The van der Waals surface area contributed by atoms with Crippen LogP contribution < -0.4 is 4.72 Å². The van der Waals surface area contributed by atoms with Crippen molar-refractivity contribution < 1.29 is 18.0 Å². The highest BCUT2D eigenvalue weighted by atomic mass is 32.2. The van der Waals surface area contributed by atoms with Crippen molar-refractivity contribution in [2.24, 2.45) is 11.8 Å². The van der Waals surface area contributed by atoms with Gasteiger partial charge in [0, 0.05) is 12.1 Å². The summed E-state index contributed by atoms with van der Waals surface area (Å²) in [6.07, 6.45) is 9.06. The first-order chi connectivity index (χ1) is 14.8. The van der Waals surface area contributed by atoms with Gasteiger partial charge in [-0.1, -0.05) is 62.4 Å². The fourth-order valence-electron chi connectivity index (χ4n) is 4.38. The van der Waals surface area contributed by atoms with Crippen LogP contribution in [0.25, 0.3) is 6.08 Å². The molecule has 3 rings (SSSR count). The Bertz CT molecular complexity index is 885. The normalized spacial score (nSPS) is 18.8. The summed E-state index contributed by atoms with van der Waals surface area (Å²) in [6.45, 7) is 3.94. The number of carbonyl (C=O) groups is 2. The predicted molar refractivity (Wildman–Crippen MR) is 122 cm³/mol. The SMILES string of the molecule is CC(C)N(C(=O)C(CC1CC1)C(=O)NS(=O)(=O)C=Cc1ccccc1)C1CCCCC1. The minimum atomic E-state index is -3.99. The molecule has 1 atom stereocenters. The third-order valence-corrected chi connectivity index (χ3v) is 7.12. The summed E-state index contributed by atoms with van der Waals surface area (Å²) in [7, 11) is -3.99. The van der Waals surface area contributed by atoms with Crippen LogP contribution in [0.4, 0.5) is 0 Å². The van der Waals surface area contributed by atoms with Crippen molar-refractivity contribution in [2.75, 3.05) is 0 Å². The summed E-state index contributed by atoms with van der Waals surface area (Å²) in [6, 6.07) is 9.11. The second-order valence-corrected chi connectivity index (χ2v) is 10.7. The molecule has 2 aliphatic carbocycles. The number of nitrogens with one attached hydrogen (secondary N) is 1. The highest BCUT2D eigenvalue weighted by Gasteiger charge is 2.40. The van der Waals surface area contributed by atoms with E-state index in [-0.39, 0.29) is 18.0 Å². The zero-order chi connectivity index (χ0) is 22.4. The third kappa shape index (κ3) is 6.92. The van der Waals surface area contributed by atoms with Crippen LogP contribution in [-0.2, 0) is 19.6 Å². The van der Waals surface area contributed by atoms with Crippen molar-refractivity contribution in [2.45, 2.75) is 77.3 Å². The monoisotopic (exact) mass is 446 g/mol. The molecule has 1 unspecified atom stereocenters. The molecule has 2 amide bonds. The Labute approximate surface area is 186 Å². The van der Waals surface area contributed by atoms with E-state index < -0.39 is 21.8 Å². The molecule has 2 saturated carbocycles. The minimum Gasteiger partial charge on any atom is -0.337 e. The zero-order valence-corrected chi connectivity index (χ0v) is 19.3. The van der Waals surface area contributed by atoms with Gasteiger partial charge >= 0.3 is 0 Å². The van der Waals surface area contributed by atoms with Crippen LogP contribution in [0.2, 0.25) is 0 Å². The Balaban J connectivity index is 1.74. The maximum absolute atomic E-state index is 13.5. The first kappa shape index (κ1) is 23.5. The van der Waals surface area contributed by atoms with E-state index in [0.717, 1.165) is 43.9 Å². The lowest BCUT2D eigenvalue weighted by atomic mass is 9.91. The van der Waals surface area contributed by atoms with E-state index in [1.165, 1.54) is 12.5 Å². The van der Waals surface area contributed by atoms with Gasteiger partial charge < -0.3 is 4.90 Å². The van der Waals surface area contributed by atoms with Crippen molar-refractivity contribution in [1.82, 2.24) is 9.62 Å². The van der Waals surface area contributed by atoms with E-state index in [0.29, 0.717) is 17.9 Å². The molecule has 0 saturated heterocycles. The summed E-state index contributed by atoms with van der Waals surface area (Å²) < 4.78 is 27.1. The van der Waals surface area contributed by atoms with Crippen LogP contribution >= 0.6 is 0 Å². The number of amides is 2. The predicted octanol–water partition coefficient (Wildman–Crippen LogP) is 4.09. The van der Waals surface area contributed by atoms with Crippen LogP contribution in [0.15, 0.2) is 35.7 Å². The molecule has 0 heterocycles. The Morgan fingerprint density at radius 1 is 1.06 bits per heavy atom. The van der Waals surface area contributed by atoms with Gasteiger partial charge in [0.25, 0.3) is 10.0 Å². The number of rotatable bonds is 9. The van der Waals surface area contributed by atoms with Crippen molar-refractivity contribution in [1.29, 1.82) is 0 Å². The van der Waals surface area contributed by atoms with E-state index in [1.54, 1.807) is 24.3 Å². The molecule has 1 aromatic carbocycles. The average Bonchev–Trinajstić information content (AvgIpc) is 3.56. The van der Waals surface area contributed by atoms with Crippen molar-refractivity contribution >= 4 is 27.9 Å². The molecule has 1 aromatic rings. The van der Waals surface area contributed by atoms with E-state index in [4.69, 9.17) is 0 Å². The smallest absolute Gasteiger partial charge is 0.257 e. The van der Waals surface area contributed by atoms with E-state index in [1.807, 2.05) is 24.8 Å². The highest BCUT2D eigenvalue weighted by Crippen LogP contribution is 2.37. The molecule has 0 aromatic heterocycles. The number of hydrogen-bond donors (Lipinski definition) is 1. The Morgan fingerprint density at radius 3 is 2.29 bits per heavy atom. The van der Waals surface area contributed by atoms with Gasteiger partial charge in [0.05, 0.1) is 5.41 Å². The molecule has 0 spiro atoms. The van der Waals surface area contributed by atoms with Crippen LogP contribution in [0, 0.1) is 11.8 Å². The first-order valence-electron chi connectivity index (χ1n) is 11.4. The molecule has 1 N–H and O–H groups in total. The van der Waals surface area contributed by atoms with Gasteiger partial charge in [-0.25, -0.2) is 13.1 Å². The van der Waals surface area contributed by atoms with Gasteiger partial charge in [-0.3, -0.25) is 9.59 Å². The van der Waals surface area contributed by atoms with E-state index >= 15 is 0 Å². The molecule has 2 fully saturated rings. The lowest BCUT2D eigenvalue weighted by molar-refractivity contribution is -0.146. The number of sulfonamides is 1. The van der Waals surface area contributed by atoms with Gasteiger partial charge in [-0.05, 0) is 50.7 Å². The van der Waals surface area contributed by atoms with Gasteiger partial charge in [-0.15, -0.1) is 0 Å². The standard InChI is InChI=1S/C24H34N2O4S/c1-18(2)26(21-11-7-4-8-12-21)24(28)22(17-20-13-14-20)23(27)25-31(29,30)16-15-19-9-5-3-6-10-19/h3,5-6,9-10,15-16,18,20-22H,4,7-8,11-14,17H2,1-2H3,(H,25,27). The lowest BCUT2D eigenvalue weighted by Gasteiger charge is -2.39. The summed E-state index contributed by atoms with van der Waals surface area (Å²) in [4.78, 5) is 28.4. The molecular weight excluding hydrogens is 412 g/mol. The largest absolute Gasteiger partial charge is 0.337 e. The van der Waals surface area contributed by atoms with Crippen LogP contribution in [0.5, 0.6) is 0 Å². The highest BCUT2D eigenvalue weighted by molar-refractivity contribution is 7.93. The van der Waals surface area contributed by atoms with E-state index in [9.17, 15) is 18.0 Å². The summed E-state index contributed by atoms with van der Waals surface area (Å²) in [5, 5.41) is 0.986. The van der Waals surface area contributed by atoms with Crippen molar-refractivity contribution in [3.8, 4) is 0 Å². The maximum atomic E-state index is 13.5. The van der Waals surface area contributed by atoms with Crippen molar-refractivity contribution in [3.63, 3.8) is 0 Å². The number of benzene rings is 1. The quantitative estimate of drug-likeness (QED) is 0.579. The van der Waals surface area contributed by atoms with Crippen molar-refractivity contribution in [3.05, 3.63) is 41.3 Å². The maximum Gasteiger partial charge on any atom is 0.257 e. The molecule has 7 heteroatoms. The number of hydrogen-bond acceptors (Lipinski definition) is 4. The molecule has 31 heavy (non-hydrogen) atoms. The Hall–Kier alpha value is -2.15. The Kier molecular flexibility index (Phi) is 7.92. The van der Waals surface area contributed by atoms with Gasteiger partial charge in [0.1, 0.15) is 5.92 Å². The van der Waals surface area contributed by atoms with Gasteiger partial charge in [0.2, 0.25) is 11.8 Å². The van der Waals surface area contributed by atoms with Crippen LogP contribution in [0.1, 0.15) is 70.8 Å². The molecule has 0 aliphatic heterocycles. The van der Waals surface area contributed by atoms with Gasteiger partial charge in [-0.2, -0.15) is 0 Å². The summed E-state index contributed by atoms with van der Waals surface area (Å²) in [5.41, 5.74) is 0.717. The molecule has 0 radical (unpaired) electrons. The van der Waals surface area contributed by atoms with E-state index in [2.05, 4.69) is 4.72 Å². The first-order valence-corrected chi connectivity index (χ1v) is 12.9. The zero-order valence-electron chi connectivity index (χ0n) is 18.5.